The van der Waals surface area contributed by atoms with Crippen LogP contribution >= 0.6 is 0 Å². The van der Waals surface area contributed by atoms with Crippen molar-refractivity contribution in [2.75, 3.05) is 0 Å². The molecule has 0 bridgehead atoms. The van der Waals surface area contributed by atoms with E-state index in [-0.39, 0.29) is 0 Å². The summed E-state index contributed by atoms with van der Waals surface area (Å²) < 4.78 is 0. The predicted octanol–water partition coefficient (Wildman–Crippen LogP) is 5.26. The SMILES string of the molecule is CC1=CCCC(C=CC2CCCCC2)CC1. The Kier molecular flexibility index (Phi) is 4.69. The summed E-state index contributed by atoms with van der Waals surface area (Å²) in [6, 6.07) is 0. The highest BCUT2D eigenvalue weighted by Gasteiger charge is 2.12. The van der Waals surface area contributed by atoms with Gasteiger partial charge in [-0.1, -0.05) is 43.1 Å². The normalized spacial score (nSPS) is 29.1. The maximum absolute atomic E-state index is 2.55. The van der Waals surface area contributed by atoms with Crippen LogP contribution in [0.4, 0.5) is 0 Å². The number of hydrogen-bond acceptors (Lipinski definition) is 0. The highest BCUT2D eigenvalue weighted by molar-refractivity contribution is 5.04. The molecule has 1 atom stereocenters. The van der Waals surface area contributed by atoms with Gasteiger partial charge in [-0.3, -0.25) is 0 Å². The third-order valence-electron chi connectivity index (χ3n) is 4.24. The van der Waals surface area contributed by atoms with Gasteiger partial charge in [0.05, 0.1) is 0 Å². The molecule has 2 aliphatic rings. The predicted molar refractivity (Wildman–Crippen MR) is 71.4 cm³/mol. The van der Waals surface area contributed by atoms with E-state index in [2.05, 4.69) is 25.2 Å². The molecule has 0 heteroatoms. The van der Waals surface area contributed by atoms with E-state index in [1.165, 1.54) is 57.8 Å². The minimum absolute atomic E-state index is 0.857. The largest absolute Gasteiger partial charge is 0.0856 e. The van der Waals surface area contributed by atoms with Gasteiger partial charge >= 0.3 is 0 Å². The molecule has 1 saturated carbocycles. The smallest absolute Gasteiger partial charge is 0.0227 e. The van der Waals surface area contributed by atoms with Gasteiger partial charge in [0.25, 0.3) is 0 Å². The Bertz CT molecular complexity index is 253. The number of allylic oxidation sites excluding steroid dienone is 4. The van der Waals surface area contributed by atoms with Gasteiger partial charge in [-0.2, -0.15) is 0 Å². The second-order valence-corrected chi connectivity index (χ2v) is 5.71. The van der Waals surface area contributed by atoms with E-state index in [0.29, 0.717) is 0 Å². The first kappa shape index (κ1) is 12.0. The Morgan fingerprint density at radius 2 is 1.62 bits per heavy atom. The molecular formula is C16H26. The second-order valence-electron chi connectivity index (χ2n) is 5.71. The van der Waals surface area contributed by atoms with Gasteiger partial charge in [-0.25, -0.2) is 0 Å². The molecule has 1 unspecified atom stereocenters. The van der Waals surface area contributed by atoms with Gasteiger partial charge in [0.2, 0.25) is 0 Å². The first-order valence-corrected chi connectivity index (χ1v) is 7.18. The van der Waals surface area contributed by atoms with Crippen LogP contribution in [0.25, 0.3) is 0 Å². The molecule has 0 heterocycles. The lowest BCUT2D eigenvalue weighted by molar-refractivity contribution is 0.416. The van der Waals surface area contributed by atoms with E-state index in [4.69, 9.17) is 0 Å². The van der Waals surface area contributed by atoms with Crippen LogP contribution in [0.3, 0.4) is 0 Å². The van der Waals surface area contributed by atoms with Crippen LogP contribution in [-0.4, -0.2) is 0 Å². The molecule has 1 fully saturated rings. The molecule has 0 nitrogen and oxygen atoms in total. The second kappa shape index (κ2) is 6.27. The highest BCUT2D eigenvalue weighted by atomic mass is 14.2. The fourth-order valence-corrected chi connectivity index (χ4v) is 3.04. The standard InChI is InChI=1S/C16H26/c1-14-6-5-9-16(11-10-14)13-12-15-7-3-2-4-8-15/h6,12-13,15-16H,2-5,7-11H2,1H3. The summed E-state index contributed by atoms with van der Waals surface area (Å²) in [4.78, 5) is 0. The Morgan fingerprint density at radius 3 is 2.38 bits per heavy atom. The lowest BCUT2D eigenvalue weighted by Gasteiger charge is -2.19. The topological polar surface area (TPSA) is 0 Å². The molecule has 0 aliphatic heterocycles. The summed E-state index contributed by atoms with van der Waals surface area (Å²) in [7, 11) is 0. The van der Waals surface area contributed by atoms with E-state index in [9.17, 15) is 0 Å². The number of rotatable bonds is 2. The quantitative estimate of drug-likeness (QED) is 0.555. The maximum Gasteiger partial charge on any atom is -0.0227 e. The lowest BCUT2D eigenvalue weighted by atomic mass is 9.87. The van der Waals surface area contributed by atoms with Gasteiger partial charge in [0, 0.05) is 0 Å². The molecule has 0 aromatic rings. The Morgan fingerprint density at radius 1 is 0.938 bits per heavy atom. The van der Waals surface area contributed by atoms with E-state index < -0.39 is 0 Å². The summed E-state index contributed by atoms with van der Waals surface area (Å²) in [6.45, 7) is 2.28. The van der Waals surface area contributed by atoms with Crippen molar-refractivity contribution in [3.8, 4) is 0 Å². The molecule has 0 aromatic heterocycles. The zero-order valence-electron chi connectivity index (χ0n) is 10.8. The molecular weight excluding hydrogens is 192 g/mol. The molecule has 90 valence electrons. The van der Waals surface area contributed by atoms with Crippen molar-refractivity contribution >= 4 is 0 Å². The van der Waals surface area contributed by atoms with Crippen LogP contribution in [0.2, 0.25) is 0 Å². The van der Waals surface area contributed by atoms with Gasteiger partial charge in [-0.15, -0.1) is 0 Å². The zero-order chi connectivity index (χ0) is 11.2. The van der Waals surface area contributed by atoms with Crippen LogP contribution in [-0.2, 0) is 0 Å². The van der Waals surface area contributed by atoms with Crippen molar-refractivity contribution < 1.29 is 0 Å². The van der Waals surface area contributed by atoms with Crippen LogP contribution in [0.1, 0.15) is 64.7 Å². The van der Waals surface area contributed by atoms with Crippen LogP contribution < -0.4 is 0 Å². The minimum Gasteiger partial charge on any atom is -0.0856 e. The van der Waals surface area contributed by atoms with Crippen molar-refractivity contribution in [3.05, 3.63) is 23.8 Å². The summed E-state index contributed by atoms with van der Waals surface area (Å²) in [5.74, 6) is 1.77. The first-order valence-electron chi connectivity index (χ1n) is 7.18. The van der Waals surface area contributed by atoms with Gasteiger partial charge < -0.3 is 0 Å². The molecule has 0 radical (unpaired) electrons. The van der Waals surface area contributed by atoms with Crippen LogP contribution in [0.5, 0.6) is 0 Å². The van der Waals surface area contributed by atoms with Crippen molar-refractivity contribution in [2.24, 2.45) is 11.8 Å². The maximum atomic E-state index is 2.55. The van der Waals surface area contributed by atoms with Crippen molar-refractivity contribution in [3.63, 3.8) is 0 Å². The average Bonchev–Trinajstić information content (AvgIpc) is 2.53. The molecule has 0 amide bonds. The molecule has 16 heavy (non-hydrogen) atoms. The lowest BCUT2D eigenvalue weighted by Crippen LogP contribution is -2.04. The van der Waals surface area contributed by atoms with Crippen LogP contribution in [0.15, 0.2) is 23.8 Å². The monoisotopic (exact) mass is 218 g/mol. The Balaban J connectivity index is 1.78. The van der Waals surface area contributed by atoms with Crippen LogP contribution in [0, 0.1) is 11.8 Å². The van der Waals surface area contributed by atoms with E-state index in [1.807, 2.05) is 0 Å². The Hall–Kier alpha value is -0.520. The minimum atomic E-state index is 0.857. The highest BCUT2D eigenvalue weighted by Crippen LogP contribution is 2.28. The van der Waals surface area contributed by atoms with Gasteiger partial charge in [0.15, 0.2) is 0 Å². The molecule has 2 rings (SSSR count). The summed E-state index contributed by atoms with van der Waals surface area (Å²) in [5, 5.41) is 0. The summed E-state index contributed by atoms with van der Waals surface area (Å²) in [5.41, 5.74) is 1.61. The molecule has 0 saturated heterocycles. The summed E-state index contributed by atoms with van der Waals surface area (Å²) in [6.07, 6.45) is 20.2. The fourth-order valence-electron chi connectivity index (χ4n) is 3.04. The molecule has 0 N–H and O–H groups in total. The Labute approximate surface area is 101 Å². The van der Waals surface area contributed by atoms with Crippen molar-refractivity contribution in [2.45, 2.75) is 64.7 Å². The molecule has 0 spiro atoms. The molecule has 0 aromatic carbocycles. The van der Waals surface area contributed by atoms with E-state index in [0.717, 1.165) is 11.8 Å². The fraction of sp³-hybridized carbons (Fsp3) is 0.750. The molecule has 2 aliphatic carbocycles. The van der Waals surface area contributed by atoms with Gasteiger partial charge in [-0.05, 0) is 57.3 Å². The third kappa shape index (κ3) is 3.81. The number of hydrogen-bond donors (Lipinski definition) is 0. The van der Waals surface area contributed by atoms with E-state index >= 15 is 0 Å². The van der Waals surface area contributed by atoms with Crippen molar-refractivity contribution in [1.29, 1.82) is 0 Å². The van der Waals surface area contributed by atoms with E-state index in [1.54, 1.807) is 5.57 Å². The summed E-state index contributed by atoms with van der Waals surface area (Å²) >= 11 is 0. The zero-order valence-corrected chi connectivity index (χ0v) is 10.8. The third-order valence-corrected chi connectivity index (χ3v) is 4.24. The first-order chi connectivity index (χ1) is 7.84. The van der Waals surface area contributed by atoms with Gasteiger partial charge in [0.1, 0.15) is 0 Å². The average molecular weight is 218 g/mol. The van der Waals surface area contributed by atoms with Crippen molar-refractivity contribution in [1.82, 2.24) is 0 Å².